The minimum Gasteiger partial charge on any atom is -0.494 e. The van der Waals surface area contributed by atoms with Crippen molar-refractivity contribution in [1.29, 1.82) is 0 Å². The second-order valence-corrected chi connectivity index (χ2v) is 5.60. The van der Waals surface area contributed by atoms with Crippen molar-refractivity contribution in [2.75, 3.05) is 19.8 Å². The van der Waals surface area contributed by atoms with Gasteiger partial charge in [0.15, 0.2) is 0 Å². The molecule has 1 unspecified atom stereocenters. The number of rotatable bonds is 10. The summed E-state index contributed by atoms with van der Waals surface area (Å²) in [6.45, 7) is 3.66. The Bertz CT molecular complexity index is 457. The molecule has 0 spiro atoms. The van der Waals surface area contributed by atoms with Crippen LogP contribution >= 0.6 is 0 Å². The maximum absolute atomic E-state index is 11.8. The molecule has 1 saturated carbocycles. The monoisotopic (exact) mass is 306 g/mol. The maximum Gasteiger partial charge on any atom is 0.220 e. The van der Waals surface area contributed by atoms with Gasteiger partial charge in [0.05, 0.1) is 13.2 Å². The smallest absolute Gasteiger partial charge is 0.220 e. The quantitative estimate of drug-likeness (QED) is 0.649. The molecular weight excluding hydrogens is 280 g/mol. The average Bonchev–Trinajstić information content (AvgIpc) is 3.36. The van der Waals surface area contributed by atoms with Crippen LogP contribution in [0, 0.1) is 5.92 Å². The molecule has 0 saturated heterocycles. The lowest BCUT2D eigenvalue weighted by atomic mass is 10.2. The Morgan fingerprint density at radius 1 is 1.27 bits per heavy atom. The van der Waals surface area contributed by atoms with Gasteiger partial charge in [-0.1, -0.05) is 0 Å². The van der Waals surface area contributed by atoms with Gasteiger partial charge >= 0.3 is 0 Å². The van der Waals surface area contributed by atoms with Crippen LogP contribution in [0.3, 0.4) is 0 Å². The molecule has 5 nitrogen and oxygen atoms in total. The highest BCUT2D eigenvalue weighted by Gasteiger charge is 2.30. The van der Waals surface area contributed by atoms with Gasteiger partial charge in [0.1, 0.15) is 11.5 Å². The standard InChI is InChI=1S/C17H26N2O3/c1-2-21-14-7-9-15(10-8-14)22-11-3-4-17(20)19-16(12-18)13-5-6-13/h7-10,13,16H,2-6,11-12,18H2,1H3,(H,19,20). The predicted octanol–water partition coefficient (Wildman–Crippen LogP) is 2.10. The highest BCUT2D eigenvalue weighted by molar-refractivity contribution is 5.76. The normalized spacial score (nSPS) is 15.2. The number of nitrogens with one attached hydrogen (secondary N) is 1. The fraction of sp³-hybridized carbons (Fsp3) is 0.588. The van der Waals surface area contributed by atoms with Crippen LogP contribution in [0.4, 0.5) is 0 Å². The van der Waals surface area contributed by atoms with E-state index in [9.17, 15) is 4.79 Å². The average molecular weight is 306 g/mol. The van der Waals surface area contributed by atoms with Gasteiger partial charge in [-0.05, 0) is 56.4 Å². The lowest BCUT2D eigenvalue weighted by molar-refractivity contribution is -0.122. The molecule has 1 aromatic rings. The molecule has 0 aromatic heterocycles. The fourth-order valence-corrected chi connectivity index (χ4v) is 2.37. The van der Waals surface area contributed by atoms with E-state index in [1.54, 1.807) is 0 Å². The Morgan fingerprint density at radius 3 is 2.45 bits per heavy atom. The summed E-state index contributed by atoms with van der Waals surface area (Å²) in [5, 5.41) is 3.01. The number of carbonyl (C=O) groups excluding carboxylic acids is 1. The van der Waals surface area contributed by atoms with E-state index >= 15 is 0 Å². The van der Waals surface area contributed by atoms with Gasteiger partial charge < -0.3 is 20.5 Å². The highest BCUT2D eigenvalue weighted by Crippen LogP contribution is 2.32. The summed E-state index contributed by atoms with van der Waals surface area (Å²) in [6, 6.07) is 7.67. The molecule has 0 bridgehead atoms. The van der Waals surface area contributed by atoms with E-state index in [4.69, 9.17) is 15.2 Å². The molecule has 122 valence electrons. The number of hydrogen-bond donors (Lipinski definition) is 2. The molecule has 1 amide bonds. The van der Waals surface area contributed by atoms with E-state index in [-0.39, 0.29) is 11.9 Å². The second kappa shape index (κ2) is 8.63. The Labute approximate surface area is 132 Å². The van der Waals surface area contributed by atoms with E-state index in [0.29, 0.717) is 38.5 Å². The minimum atomic E-state index is 0.0673. The van der Waals surface area contributed by atoms with E-state index in [1.165, 1.54) is 12.8 Å². The lowest BCUT2D eigenvalue weighted by Gasteiger charge is -2.16. The minimum absolute atomic E-state index is 0.0673. The van der Waals surface area contributed by atoms with Crippen molar-refractivity contribution < 1.29 is 14.3 Å². The molecule has 0 heterocycles. The van der Waals surface area contributed by atoms with Crippen molar-refractivity contribution in [3.63, 3.8) is 0 Å². The molecule has 22 heavy (non-hydrogen) atoms. The molecule has 3 N–H and O–H groups in total. The molecule has 2 rings (SSSR count). The van der Waals surface area contributed by atoms with Crippen molar-refractivity contribution in [1.82, 2.24) is 5.32 Å². The summed E-state index contributed by atoms with van der Waals surface area (Å²) < 4.78 is 11.0. The molecule has 1 fully saturated rings. The Morgan fingerprint density at radius 2 is 1.91 bits per heavy atom. The third-order valence-corrected chi connectivity index (χ3v) is 3.74. The van der Waals surface area contributed by atoms with E-state index in [2.05, 4.69) is 5.32 Å². The molecule has 1 aromatic carbocycles. The number of ether oxygens (including phenoxy) is 2. The Balaban J connectivity index is 1.60. The predicted molar refractivity (Wildman–Crippen MR) is 86.0 cm³/mol. The van der Waals surface area contributed by atoms with Crippen molar-refractivity contribution in [2.45, 2.75) is 38.6 Å². The van der Waals surface area contributed by atoms with Crippen molar-refractivity contribution >= 4 is 5.91 Å². The zero-order valence-electron chi connectivity index (χ0n) is 13.2. The molecule has 5 heteroatoms. The molecule has 1 aliphatic carbocycles. The van der Waals surface area contributed by atoms with Gasteiger partial charge in [-0.15, -0.1) is 0 Å². The van der Waals surface area contributed by atoms with Crippen molar-refractivity contribution in [3.8, 4) is 11.5 Å². The SMILES string of the molecule is CCOc1ccc(OCCCC(=O)NC(CN)C2CC2)cc1. The van der Waals surface area contributed by atoms with Gasteiger partial charge in [0, 0.05) is 19.0 Å². The van der Waals surface area contributed by atoms with Gasteiger partial charge in [0.25, 0.3) is 0 Å². The fourth-order valence-electron chi connectivity index (χ4n) is 2.37. The van der Waals surface area contributed by atoms with Crippen LogP contribution < -0.4 is 20.5 Å². The maximum atomic E-state index is 11.8. The molecule has 1 atom stereocenters. The van der Waals surface area contributed by atoms with Crippen LogP contribution in [0.15, 0.2) is 24.3 Å². The molecule has 0 aliphatic heterocycles. The van der Waals surface area contributed by atoms with Gasteiger partial charge in [-0.2, -0.15) is 0 Å². The number of hydrogen-bond acceptors (Lipinski definition) is 4. The first kappa shape index (κ1) is 16.6. The van der Waals surface area contributed by atoms with E-state index in [0.717, 1.165) is 11.5 Å². The van der Waals surface area contributed by atoms with Gasteiger partial charge in [-0.3, -0.25) is 4.79 Å². The Hall–Kier alpha value is -1.75. The van der Waals surface area contributed by atoms with Crippen molar-refractivity contribution in [3.05, 3.63) is 24.3 Å². The summed E-state index contributed by atoms with van der Waals surface area (Å²) >= 11 is 0. The summed E-state index contributed by atoms with van der Waals surface area (Å²) in [5.74, 6) is 2.29. The molecule has 0 radical (unpaired) electrons. The highest BCUT2D eigenvalue weighted by atomic mass is 16.5. The number of benzene rings is 1. The third-order valence-electron chi connectivity index (χ3n) is 3.74. The summed E-state index contributed by atoms with van der Waals surface area (Å²) in [5.41, 5.74) is 5.68. The summed E-state index contributed by atoms with van der Waals surface area (Å²) in [6.07, 6.45) is 3.53. The van der Waals surface area contributed by atoms with E-state index < -0.39 is 0 Å². The molecule has 1 aliphatic rings. The largest absolute Gasteiger partial charge is 0.494 e. The van der Waals surface area contributed by atoms with Crippen LogP contribution in [0.5, 0.6) is 11.5 Å². The second-order valence-electron chi connectivity index (χ2n) is 5.60. The summed E-state index contributed by atoms with van der Waals surface area (Å²) in [4.78, 5) is 11.8. The van der Waals surface area contributed by atoms with Crippen LogP contribution in [0.1, 0.15) is 32.6 Å². The first-order valence-electron chi connectivity index (χ1n) is 8.08. The van der Waals surface area contributed by atoms with Crippen LogP contribution in [0.2, 0.25) is 0 Å². The zero-order chi connectivity index (χ0) is 15.8. The Kier molecular flexibility index (Phi) is 6.52. The third kappa shape index (κ3) is 5.56. The van der Waals surface area contributed by atoms with Gasteiger partial charge in [-0.25, -0.2) is 0 Å². The van der Waals surface area contributed by atoms with Crippen molar-refractivity contribution in [2.24, 2.45) is 11.7 Å². The number of carbonyl (C=O) groups is 1. The topological polar surface area (TPSA) is 73.6 Å². The lowest BCUT2D eigenvalue weighted by Crippen LogP contribution is -2.41. The van der Waals surface area contributed by atoms with Crippen LogP contribution in [-0.4, -0.2) is 31.7 Å². The van der Waals surface area contributed by atoms with E-state index in [1.807, 2.05) is 31.2 Å². The van der Waals surface area contributed by atoms with Crippen LogP contribution in [-0.2, 0) is 4.79 Å². The van der Waals surface area contributed by atoms with Crippen LogP contribution in [0.25, 0.3) is 0 Å². The molecular formula is C17H26N2O3. The summed E-state index contributed by atoms with van der Waals surface area (Å²) in [7, 11) is 0. The first-order valence-corrected chi connectivity index (χ1v) is 8.08. The zero-order valence-corrected chi connectivity index (χ0v) is 13.2. The van der Waals surface area contributed by atoms with Gasteiger partial charge in [0.2, 0.25) is 5.91 Å². The number of amides is 1. The number of nitrogens with two attached hydrogens (primary N) is 1. The first-order chi connectivity index (χ1) is 10.7.